The van der Waals surface area contributed by atoms with Crippen molar-refractivity contribution in [1.82, 2.24) is 0 Å². The summed E-state index contributed by atoms with van der Waals surface area (Å²) in [4.78, 5) is 23.8. The lowest BCUT2D eigenvalue weighted by atomic mass is 9.85. The first-order chi connectivity index (χ1) is 11.5. The fourth-order valence-electron chi connectivity index (χ4n) is 2.69. The van der Waals surface area contributed by atoms with E-state index in [1.165, 1.54) is 6.92 Å². The Hall–Kier alpha value is -2.62. The van der Waals surface area contributed by atoms with Crippen molar-refractivity contribution < 1.29 is 9.59 Å². The molecule has 2 rings (SSSR count). The Morgan fingerprint density at radius 1 is 0.917 bits per heavy atom. The number of amides is 2. The normalized spacial score (nSPS) is 13.0. The minimum atomic E-state index is -0.189. The maximum absolute atomic E-state index is 12.8. The van der Waals surface area contributed by atoms with E-state index < -0.39 is 0 Å². The summed E-state index contributed by atoms with van der Waals surface area (Å²) in [6.45, 7) is 5.65. The van der Waals surface area contributed by atoms with Gasteiger partial charge in [-0.2, -0.15) is 0 Å². The summed E-state index contributed by atoms with van der Waals surface area (Å²) in [6.07, 6.45) is 0.925. The summed E-state index contributed by atoms with van der Waals surface area (Å²) < 4.78 is 0. The van der Waals surface area contributed by atoms with Crippen LogP contribution in [0.1, 0.15) is 38.7 Å². The average molecular weight is 324 g/mol. The maximum atomic E-state index is 12.8. The predicted molar refractivity (Wildman–Crippen MR) is 98.0 cm³/mol. The molecule has 4 heteroatoms. The van der Waals surface area contributed by atoms with Gasteiger partial charge in [0, 0.05) is 18.3 Å². The van der Waals surface area contributed by atoms with Crippen LogP contribution < -0.4 is 10.6 Å². The summed E-state index contributed by atoms with van der Waals surface area (Å²) >= 11 is 0. The molecular weight excluding hydrogens is 300 g/mol. The van der Waals surface area contributed by atoms with E-state index in [2.05, 4.69) is 24.5 Å². The third-order valence-electron chi connectivity index (χ3n) is 4.13. The highest BCUT2D eigenvalue weighted by Gasteiger charge is 2.25. The van der Waals surface area contributed by atoms with Crippen LogP contribution in [-0.4, -0.2) is 11.8 Å². The highest BCUT2D eigenvalue weighted by molar-refractivity contribution is 5.96. The monoisotopic (exact) mass is 324 g/mol. The summed E-state index contributed by atoms with van der Waals surface area (Å²) in [7, 11) is 0. The molecule has 0 aliphatic carbocycles. The Balaban J connectivity index is 2.14. The smallest absolute Gasteiger partial charge is 0.232 e. The van der Waals surface area contributed by atoms with Gasteiger partial charge in [-0.25, -0.2) is 0 Å². The van der Waals surface area contributed by atoms with Gasteiger partial charge in [0.2, 0.25) is 11.8 Å². The molecule has 0 heterocycles. The van der Waals surface area contributed by atoms with Gasteiger partial charge in [-0.1, -0.05) is 50.6 Å². The molecule has 126 valence electrons. The Morgan fingerprint density at radius 2 is 1.46 bits per heavy atom. The average Bonchev–Trinajstić information content (AvgIpc) is 2.57. The van der Waals surface area contributed by atoms with Crippen LogP contribution in [0.4, 0.5) is 11.4 Å². The van der Waals surface area contributed by atoms with Gasteiger partial charge in [0.15, 0.2) is 0 Å². The second-order valence-corrected chi connectivity index (χ2v) is 6.02. The van der Waals surface area contributed by atoms with Crippen molar-refractivity contribution in [2.24, 2.45) is 5.92 Å². The maximum Gasteiger partial charge on any atom is 0.232 e. The molecule has 0 aliphatic rings. The second kappa shape index (κ2) is 8.29. The number of benzene rings is 2. The fourth-order valence-corrected chi connectivity index (χ4v) is 2.69. The Morgan fingerprint density at radius 3 is 1.96 bits per heavy atom. The third kappa shape index (κ3) is 4.69. The Kier molecular flexibility index (Phi) is 6.13. The van der Waals surface area contributed by atoms with Gasteiger partial charge in [-0.3, -0.25) is 9.59 Å². The van der Waals surface area contributed by atoms with Crippen LogP contribution in [0, 0.1) is 5.92 Å². The van der Waals surface area contributed by atoms with Gasteiger partial charge >= 0.3 is 0 Å². The van der Waals surface area contributed by atoms with Gasteiger partial charge in [-0.15, -0.1) is 0 Å². The first kappa shape index (κ1) is 17.7. The van der Waals surface area contributed by atoms with Crippen LogP contribution in [0.25, 0.3) is 0 Å². The summed E-state index contributed by atoms with van der Waals surface area (Å²) in [5.41, 5.74) is 2.46. The predicted octanol–water partition coefficient (Wildman–Crippen LogP) is 4.41. The quantitative estimate of drug-likeness (QED) is 0.826. The molecule has 0 saturated carbocycles. The lowest BCUT2D eigenvalue weighted by molar-refractivity contribution is -0.118. The standard InChI is InChI=1S/C20H24N2O2/c1-4-14(2)19(16-8-6-5-7-9-16)20(24)22-18-12-10-17(11-13-18)21-15(3)23/h5-14,19H,4H2,1-3H3,(H,21,23)(H,22,24)/t14-,19+/m0/s1. The third-order valence-corrected chi connectivity index (χ3v) is 4.13. The van der Waals surface area contributed by atoms with Crippen LogP contribution in [-0.2, 0) is 9.59 Å². The molecule has 2 N–H and O–H groups in total. The zero-order valence-corrected chi connectivity index (χ0v) is 14.4. The van der Waals surface area contributed by atoms with Crippen LogP contribution >= 0.6 is 0 Å². The first-order valence-corrected chi connectivity index (χ1v) is 8.24. The highest BCUT2D eigenvalue weighted by atomic mass is 16.2. The molecule has 0 bridgehead atoms. The summed E-state index contributed by atoms with van der Waals surface area (Å²) in [5.74, 6) is -0.0761. The van der Waals surface area contributed by atoms with Crippen molar-refractivity contribution in [2.75, 3.05) is 10.6 Å². The molecule has 2 atom stereocenters. The molecule has 4 nitrogen and oxygen atoms in total. The van der Waals surface area contributed by atoms with Crippen molar-refractivity contribution in [3.8, 4) is 0 Å². The molecular formula is C20H24N2O2. The molecule has 2 aromatic carbocycles. The van der Waals surface area contributed by atoms with Crippen LogP contribution in [0.3, 0.4) is 0 Å². The van der Waals surface area contributed by atoms with Crippen molar-refractivity contribution in [3.63, 3.8) is 0 Å². The summed E-state index contributed by atoms with van der Waals surface area (Å²) in [5, 5.41) is 5.69. The fraction of sp³-hybridized carbons (Fsp3) is 0.300. The number of rotatable bonds is 6. The van der Waals surface area contributed by atoms with E-state index in [9.17, 15) is 9.59 Å². The van der Waals surface area contributed by atoms with Gasteiger partial charge < -0.3 is 10.6 Å². The number of anilines is 2. The molecule has 2 amide bonds. The first-order valence-electron chi connectivity index (χ1n) is 8.24. The number of carbonyl (C=O) groups excluding carboxylic acids is 2. The minimum absolute atomic E-state index is 0.0113. The van der Waals surface area contributed by atoms with Gasteiger partial charge in [0.05, 0.1) is 5.92 Å². The van der Waals surface area contributed by atoms with Crippen molar-refractivity contribution >= 4 is 23.2 Å². The largest absolute Gasteiger partial charge is 0.326 e. The molecule has 0 aromatic heterocycles. The lowest BCUT2D eigenvalue weighted by Gasteiger charge is -2.23. The van der Waals surface area contributed by atoms with Crippen molar-refractivity contribution in [3.05, 3.63) is 60.2 Å². The van der Waals surface area contributed by atoms with Crippen molar-refractivity contribution in [2.45, 2.75) is 33.1 Å². The van der Waals surface area contributed by atoms with Crippen molar-refractivity contribution in [1.29, 1.82) is 0 Å². The minimum Gasteiger partial charge on any atom is -0.326 e. The van der Waals surface area contributed by atoms with E-state index >= 15 is 0 Å². The number of nitrogens with one attached hydrogen (secondary N) is 2. The molecule has 0 aliphatic heterocycles. The van der Waals surface area contributed by atoms with Crippen LogP contribution in [0.15, 0.2) is 54.6 Å². The van der Waals surface area contributed by atoms with E-state index in [1.54, 1.807) is 24.3 Å². The zero-order valence-electron chi connectivity index (χ0n) is 14.4. The molecule has 24 heavy (non-hydrogen) atoms. The topological polar surface area (TPSA) is 58.2 Å². The molecule has 0 spiro atoms. The van der Waals surface area contributed by atoms with Gasteiger partial charge in [0.1, 0.15) is 0 Å². The Bertz CT molecular complexity index is 681. The summed E-state index contributed by atoms with van der Waals surface area (Å²) in [6, 6.07) is 17.0. The van der Waals surface area contributed by atoms with Crippen LogP contribution in [0.2, 0.25) is 0 Å². The molecule has 0 unspecified atom stereocenters. The molecule has 2 aromatic rings. The number of hydrogen-bond acceptors (Lipinski definition) is 2. The zero-order chi connectivity index (χ0) is 17.5. The highest BCUT2D eigenvalue weighted by Crippen LogP contribution is 2.28. The molecule has 0 radical (unpaired) electrons. The number of carbonyl (C=O) groups is 2. The SMILES string of the molecule is CC[C@H](C)[C@@H](C(=O)Nc1ccc(NC(C)=O)cc1)c1ccccc1. The second-order valence-electron chi connectivity index (χ2n) is 6.02. The van der Waals surface area contributed by atoms with E-state index in [1.807, 2.05) is 30.3 Å². The van der Waals surface area contributed by atoms with Gasteiger partial charge in [0.25, 0.3) is 0 Å². The van der Waals surface area contributed by atoms with E-state index in [0.29, 0.717) is 5.69 Å². The van der Waals surface area contributed by atoms with E-state index in [4.69, 9.17) is 0 Å². The van der Waals surface area contributed by atoms with Gasteiger partial charge in [-0.05, 0) is 35.7 Å². The molecule has 0 fully saturated rings. The Labute approximate surface area is 143 Å². The molecule has 0 saturated heterocycles. The lowest BCUT2D eigenvalue weighted by Crippen LogP contribution is -2.26. The van der Waals surface area contributed by atoms with Crippen LogP contribution in [0.5, 0.6) is 0 Å². The number of hydrogen-bond donors (Lipinski definition) is 2. The van der Waals surface area contributed by atoms with E-state index in [-0.39, 0.29) is 23.7 Å². The van der Waals surface area contributed by atoms with E-state index in [0.717, 1.165) is 17.7 Å².